The first-order chi connectivity index (χ1) is 7.80. The van der Waals surface area contributed by atoms with Crippen molar-refractivity contribution in [3.8, 4) is 0 Å². The van der Waals surface area contributed by atoms with E-state index in [0.717, 1.165) is 31.6 Å². The molecular weight excluding hydrogens is 216 g/mol. The number of hydrogen-bond acceptors (Lipinski definition) is 2. The van der Waals surface area contributed by atoms with Gasteiger partial charge in [-0.1, -0.05) is 27.7 Å². The topological polar surface area (TPSA) is 58.2 Å². The Hall–Kier alpha value is -1.06. The minimum atomic E-state index is -0.478. The maximum absolute atomic E-state index is 11.8. The Kier molecular flexibility index (Phi) is 4.54. The van der Waals surface area contributed by atoms with Gasteiger partial charge in [0.05, 0.1) is 0 Å². The van der Waals surface area contributed by atoms with E-state index < -0.39 is 5.41 Å². The predicted molar refractivity (Wildman–Crippen MR) is 66.9 cm³/mol. The number of carbonyl (C=O) groups excluding carboxylic acids is 2. The minimum Gasteiger partial charge on any atom is -0.273 e. The summed E-state index contributed by atoms with van der Waals surface area (Å²) in [7, 11) is 0. The SMILES string of the molecule is CC(C)(C)C(=O)NNC(=O)[C@H]1CC[C@H](C)CC1. The molecule has 4 heteroatoms. The second-order valence-corrected chi connectivity index (χ2v) is 6.15. The molecule has 0 radical (unpaired) electrons. The van der Waals surface area contributed by atoms with Crippen LogP contribution in [0.1, 0.15) is 53.4 Å². The molecule has 0 aromatic carbocycles. The molecule has 17 heavy (non-hydrogen) atoms. The van der Waals surface area contributed by atoms with Crippen LogP contribution in [0.3, 0.4) is 0 Å². The summed E-state index contributed by atoms with van der Waals surface area (Å²) < 4.78 is 0. The van der Waals surface area contributed by atoms with Gasteiger partial charge in [-0.3, -0.25) is 20.4 Å². The molecule has 0 heterocycles. The third-order valence-corrected chi connectivity index (χ3v) is 3.37. The van der Waals surface area contributed by atoms with E-state index >= 15 is 0 Å². The van der Waals surface area contributed by atoms with Gasteiger partial charge < -0.3 is 0 Å². The average Bonchev–Trinajstić information content (AvgIpc) is 2.25. The van der Waals surface area contributed by atoms with Gasteiger partial charge in [0.2, 0.25) is 11.8 Å². The summed E-state index contributed by atoms with van der Waals surface area (Å²) in [6.07, 6.45) is 4.06. The van der Waals surface area contributed by atoms with Crippen LogP contribution >= 0.6 is 0 Å². The van der Waals surface area contributed by atoms with Gasteiger partial charge in [-0.2, -0.15) is 0 Å². The van der Waals surface area contributed by atoms with E-state index in [2.05, 4.69) is 17.8 Å². The molecule has 1 aliphatic carbocycles. The zero-order valence-electron chi connectivity index (χ0n) is 11.3. The van der Waals surface area contributed by atoms with Crippen molar-refractivity contribution in [2.75, 3.05) is 0 Å². The molecule has 0 spiro atoms. The third kappa shape index (κ3) is 4.36. The lowest BCUT2D eigenvalue weighted by atomic mass is 9.83. The smallest absolute Gasteiger partial charge is 0.243 e. The van der Waals surface area contributed by atoms with Gasteiger partial charge >= 0.3 is 0 Å². The highest BCUT2D eigenvalue weighted by Crippen LogP contribution is 2.28. The number of hydrogen-bond donors (Lipinski definition) is 2. The van der Waals surface area contributed by atoms with E-state index in [4.69, 9.17) is 0 Å². The summed E-state index contributed by atoms with van der Waals surface area (Å²) in [6, 6.07) is 0. The molecule has 1 aliphatic rings. The normalized spacial score (nSPS) is 25.2. The van der Waals surface area contributed by atoms with Crippen LogP contribution in [-0.4, -0.2) is 11.8 Å². The fraction of sp³-hybridized carbons (Fsp3) is 0.846. The van der Waals surface area contributed by atoms with Crippen LogP contribution in [0, 0.1) is 17.3 Å². The van der Waals surface area contributed by atoms with Crippen molar-refractivity contribution < 1.29 is 9.59 Å². The quantitative estimate of drug-likeness (QED) is 0.689. The second kappa shape index (κ2) is 5.52. The molecular formula is C13H24N2O2. The lowest BCUT2D eigenvalue weighted by molar-refractivity contribution is -0.135. The Labute approximate surface area is 104 Å². The van der Waals surface area contributed by atoms with Crippen molar-refractivity contribution in [3.05, 3.63) is 0 Å². The molecule has 1 rings (SSSR count). The molecule has 1 fully saturated rings. The molecule has 0 unspecified atom stereocenters. The molecule has 2 amide bonds. The van der Waals surface area contributed by atoms with Crippen molar-refractivity contribution in [3.63, 3.8) is 0 Å². The van der Waals surface area contributed by atoms with Gasteiger partial charge in [0, 0.05) is 11.3 Å². The molecule has 0 aromatic rings. The van der Waals surface area contributed by atoms with Crippen molar-refractivity contribution in [1.82, 2.24) is 10.9 Å². The summed E-state index contributed by atoms with van der Waals surface area (Å²) in [5, 5.41) is 0. The van der Waals surface area contributed by atoms with Crippen LogP contribution in [0.2, 0.25) is 0 Å². The molecule has 1 saturated carbocycles. The van der Waals surface area contributed by atoms with Crippen molar-refractivity contribution in [2.24, 2.45) is 17.3 Å². The van der Waals surface area contributed by atoms with Crippen molar-refractivity contribution >= 4 is 11.8 Å². The lowest BCUT2D eigenvalue weighted by Crippen LogP contribution is -2.48. The molecule has 4 nitrogen and oxygen atoms in total. The Morgan fingerprint density at radius 1 is 1.00 bits per heavy atom. The van der Waals surface area contributed by atoms with Crippen molar-refractivity contribution in [2.45, 2.75) is 53.4 Å². The highest BCUT2D eigenvalue weighted by Gasteiger charge is 2.26. The summed E-state index contributed by atoms with van der Waals surface area (Å²) >= 11 is 0. The molecule has 98 valence electrons. The monoisotopic (exact) mass is 240 g/mol. The summed E-state index contributed by atoms with van der Waals surface area (Å²) in [5.41, 5.74) is 4.55. The van der Waals surface area contributed by atoms with Gasteiger partial charge in [0.25, 0.3) is 0 Å². The highest BCUT2D eigenvalue weighted by atomic mass is 16.2. The zero-order chi connectivity index (χ0) is 13.1. The van der Waals surface area contributed by atoms with Gasteiger partial charge in [0.15, 0.2) is 0 Å². The lowest BCUT2D eigenvalue weighted by Gasteiger charge is -2.26. The largest absolute Gasteiger partial charge is 0.273 e. The van der Waals surface area contributed by atoms with Crippen LogP contribution in [-0.2, 0) is 9.59 Å². The first-order valence-corrected chi connectivity index (χ1v) is 6.41. The van der Waals surface area contributed by atoms with Gasteiger partial charge in [-0.25, -0.2) is 0 Å². The third-order valence-electron chi connectivity index (χ3n) is 3.37. The van der Waals surface area contributed by atoms with E-state index in [1.165, 1.54) is 0 Å². The Bertz CT molecular complexity index is 286. The van der Waals surface area contributed by atoms with E-state index in [9.17, 15) is 9.59 Å². The minimum absolute atomic E-state index is 0.0468. The molecule has 0 bridgehead atoms. The molecule has 0 atom stereocenters. The molecule has 0 saturated heterocycles. The number of hydrazine groups is 1. The standard InChI is InChI=1S/C13H24N2O2/c1-9-5-7-10(8-6-9)11(16)14-15-12(17)13(2,3)4/h9-10H,5-8H2,1-4H3,(H,14,16)(H,15,17)/t9-,10-. The van der Waals surface area contributed by atoms with E-state index in [1.807, 2.05) is 20.8 Å². The number of nitrogens with one attached hydrogen (secondary N) is 2. The fourth-order valence-electron chi connectivity index (χ4n) is 1.93. The fourth-order valence-corrected chi connectivity index (χ4v) is 1.93. The van der Waals surface area contributed by atoms with Gasteiger partial charge in [-0.05, 0) is 31.6 Å². The van der Waals surface area contributed by atoms with Crippen LogP contribution < -0.4 is 10.9 Å². The predicted octanol–water partition coefficient (Wildman–Crippen LogP) is 2.01. The Balaban J connectivity index is 2.33. The number of amides is 2. The summed E-state index contributed by atoms with van der Waals surface area (Å²) in [6.45, 7) is 7.67. The molecule has 0 aromatic heterocycles. The van der Waals surface area contributed by atoms with Crippen LogP contribution in [0.5, 0.6) is 0 Å². The first kappa shape index (κ1) is 14.0. The van der Waals surface area contributed by atoms with Crippen LogP contribution in [0.4, 0.5) is 0 Å². The average molecular weight is 240 g/mol. The maximum Gasteiger partial charge on any atom is 0.243 e. The van der Waals surface area contributed by atoms with E-state index in [0.29, 0.717) is 0 Å². The molecule has 2 N–H and O–H groups in total. The Morgan fingerprint density at radius 3 is 2.00 bits per heavy atom. The summed E-state index contributed by atoms with van der Waals surface area (Å²) in [5.74, 6) is 0.583. The maximum atomic E-state index is 11.8. The zero-order valence-corrected chi connectivity index (χ0v) is 11.3. The first-order valence-electron chi connectivity index (χ1n) is 6.41. The number of rotatable bonds is 1. The van der Waals surface area contributed by atoms with Crippen molar-refractivity contribution in [1.29, 1.82) is 0 Å². The van der Waals surface area contributed by atoms with E-state index in [1.54, 1.807) is 0 Å². The number of carbonyl (C=O) groups is 2. The van der Waals surface area contributed by atoms with Crippen LogP contribution in [0.25, 0.3) is 0 Å². The van der Waals surface area contributed by atoms with E-state index in [-0.39, 0.29) is 17.7 Å². The van der Waals surface area contributed by atoms with Gasteiger partial charge in [0.1, 0.15) is 0 Å². The summed E-state index contributed by atoms with van der Waals surface area (Å²) in [4.78, 5) is 23.4. The second-order valence-electron chi connectivity index (χ2n) is 6.15. The van der Waals surface area contributed by atoms with Gasteiger partial charge in [-0.15, -0.1) is 0 Å². The molecule has 0 aliphatic heterocycles. The Morgan fingerprint density at radius 2 is 1.53 bits per heavy atom. The highest BCUT2D eigenvalue weighted by molar-refractivity contribution is 5.85. The van der Waals surface area contributed by atoms with Crippen LogP contribution in [0.15, 0.2) is 0 Å².